The maximum atomic E-state index is 13.4. The molecule has 0 aromatic heterocycles. The van der Waals surface area contributed by atoms with Crippen LogP contribution in [0.1, 0.15) is 38.0 Å². The number of anilines is 1. The molecule has 0 unspecified atom stereocenters. The summed E-state index contributed by atoms with van der Waals surface area (Å²) < 4.78 is 5.16. The normalized spacial score (nSPS) is 16.2. The fraction of sp³-hybridized carbons (Fsp3) is 0.192. The van der Waals surface area contributed by atoms with E-state index in [1.807, 2.05) is 36.4 Å². The van der Waals surface area contributed by atoms with Crippen LogP contribution in [0.5, 0.6) is 5.75 Å². The van der Waals surface area contributed by atoms with E-state index in [2.05, 4.69) is 5.32 Å². The number of nitrogens with zero attached hydrogens (tertiary/aromatic N) is 2. The molecule has 3 amide bonds. The summed E-state index contributed by atoms with van der Waals surface area (Å²) in [5.74, 6) is 0.0813. The third-order valence-electron chi connectivity index (χ3n) is 6.09. The Bertz CT molecular complexity index is 1240. The van der Waals surface area contributed by atoms with Gasteiger partial charge in [-0.05, 0) is 42.3 Å². The molecule has 0 spiro atoms. The second-order valence-electron chi connectivity index (χ2n) is 8.03. The van der Waals surface area contributed by atoms with Crippen LogP contribution in [0.15, 0.2) is 72.8 Å². The summed E-state index contributed by atoms with van der Waals surface area (Å²) in [7, 11) is 1.62. The second kappa shape index (κ2) is 8.43. The van der Waals surface area contributed by atoms with Gasteiger partial charge in [-0.1, -0.05) is 42.5 Å². The minimum atomic E-state index is -0.636. The van der Waals surface area contributed by atoms with Gasteiger partial charge in [-0.2, -0.15) is 0 Å². The molecule has 166 valence electrons. The van der Waals surface area contributed by atoms with Crippen molar-refractivity contribution in [1.29, 1.82) is 0 Å². The molecule has 5 rings (SSSR count). The number of nitrogens with one attached hydrogen (secondary N) is 1. The fourth-order valence-electron chi connectivity index (χ4n) is 4.48. The van der Waals surface area contributed by atoms with Gasteiger partial charge in [-0.15, -0.1) is 0 Å². The van der Waals surface area contributed by atoms with Gasteiger partial charge in [-0.25, -0.2) is 0 Å². The highest BCUT2D eigenvalue weighted by Gasteiger charge is 2.47. The van der Waals surface area contributed by atoms with E-state index in [-0.39, 0.29) is 24.3 Å². The van der Waals surface area contributed by atoms with Crippen LogP contribution in [0.3, 0.4) is 0 Å². The molecule has 0 radical (unpaired) electrons. The summed E-state index contributed by atoms with van der Waals surface area (Å²) in [6.07, 6.45) is 0.0204. The van der Waals surface area contributed by atoms with Gasteiger partial charge in [0.05, 0.1) is 18.4 Å². The van der Waals surface area contributed by atoms with Crippen LogP contribution in [-0.2, 0) is 11.2 Å². The number of benzene rings is 3. The van der Waals surface area contributed by atoms with Crippen LogP contribution in [-0.4, -0.2) is 42.8 Å². The Balaban J connectivity index is 1.35. The zero-order valence-corrected chi connectivity index (χ0v) is 18.2. The zero-order valence-electron chi connectivity index (χ0n) is 18.2. The molecular weight excluding hydrogens is 418 g/mol. The van der Waals surface area contributed by atoms with Gasteiger partial charge in [0.25, 0.3) is 11.8 Å². The van der Waals surface area contributed by atoms with E-state index in [1.54, 1.807) is 48.4 Å². The highest BCUT2D eigenvalue weighted by atomic mass is 16.5. The van der Waals surface area contributed by atoms with Crippen molar-refractivity contribution >= 4 is 23.4 Å². The van der Waals surface area contributed by atoms with E-state index in [0.717, 1.165) is 16.9 Å². The van der Waals surface area contributed by atoms with Crippen LogP contribution < -0.4 is 15.0 Å². The maximum absolute atomic E-state index is 13.4. The van der Waals surface area contributed by atoms with Crippen molar-refractivity contribution in [3.63, 3.8) is 0 Å². The highest BCUT2D eigenvalue weighted by molar-refractivity contribution is 6.17. The molecule has 3 aromatic carbocycles. The Morgan fingerprint density at radius 2 is 1.61 bits per heavy atom. The molecule has 1 N–H and O–H groups in total. The number of carbonyl (C=O) groups excluding carboxylic acids is 3. The van der Waals surface area contributed by atoms with Crippen molar-refractivity contribution in [2.45, 2.75) is 12.6 Å². The molecule has 2 heterocycles. The number of hydrogen-bond acceptors (Lipinski definition) is 4. The van der Waals surface area contributed by atoms with Crippen LogP contribution in [0, 0.1) is 0 Å². The Morgan fingerprint density at radius 1 is 0.909 bits per heavy atom. The van der Waals surface area contributed by atoms with Crippen molar-refractivity contribution in [2.24, 2.45) is 0 Å². The molecule has 2 aliphatic heterocycles. The summed E-state index contributed by atoms with van der Waals surface area (Å²) in [4.78, 5) is 42.5. The topological polar surface area (TPSA) is 79.0 Å². The summed E-state index contributed by atoms with van der Waals surface area (Å²) in [5.41, 5.74) is 3.35. The van der Waals surface area contributed by atoms with Gasteiger partial charge >= 0.3 is 0 Å². The molecule has 0 saturated carbocycles. The van der Waals surface area contributed by atoms with Crippen LogP contribution in [0.2, 0.25) is 0 Å². The standard InChI is InChI=1S/C26H23N3O4/c1-33-18-12-10-17(11-13-18)14-15-27-23(30)16-28-24-19-6-2-3-7-20(19)26(32)29(24)22-9-5-4-8-21(22)25(28)31/h2-13,24H,14-16H2,1H3,(H,27,30)/t24-/m0/s1. The van der Waals surface area contributed by atoms with Gasteiger partial charge in [0.15, 0.2) is 0 Å². The van der Waals surface area contributed by atoms with Crippen LogP contribution in [0.4, 0.5) is 5.69 Å². The Labute approximate surface area is 191 Å². The largest absolute Gasteiger partial charge is 0.497 e. The second-order valence-corrected chi connectivity index (χ2v) is 8.03. The number of para-hydroxylation sites is 1. The summed E-state index contributed by atoms with van der Waals surface area (Å²) in [6.45, 7) is 0.298. The average Bonchev–Trinajstić information content (AvgIpc) is 3.15. The van der Waals surface area contributed by atoms with Gasteiger partial charge < -0.3 is 15.0 Å². The van der Waals surface area contributed by atoms with E-state index >= 15 is 0 Å². The number of amides is 3. The predicted molar refractivity (Wildman–Crippen MR) is 123 cm³/mol. The van der Waals surface area contributed by atoms with Crippen molar-refractivity contribution in [2.75, 3.05) is 25.1 Å². The quantitative estimate of drug-likeness (QED) is 0.637. The van der Waals surface area contributed by atoms with Gasteiger partial charge in [-0.3, -0.25) is 19.3 Å². The molecular formula is C26H23N3O4. The molecule has 0 saturated heterocycles. The number of hydrogen-bond donors (Lipinski definition) is 1. The van der Waals surface area contributed by atoms with Crippen molar-refractivity contribution in [3.8, 4) is 5.75 Å². The molecule has 7 nitrogen and oxygen atoms in total. The minimum absolute atomic E-state index is 0.140. The molecule has 7 heteroatoms. The molecule has 33 heavy (non-hydrogen) atoms. The van der Waals surface area contributed by atoms with Gasteiger partial charge in [0.2, 0.25) is 5.91 Å². The maximum Gasteiger partial charge on any atom is 0.260 e. The van der Waals surface area contributed by atoms with E-state index in [0.29, 0.717) is 29.8 Å². The van der Waals surface area contributed by atoms with E-state index in [4.69, 9.17) is 4.74 Å². The van der Waals surface area contributed by atoms with Crippen molar-refractivity contribution in [1.82, 2.24) is 10.2 Å². The summed E-state index contributed by atoms with van der Waals surface area (Å²) in [6, 6.07) is 21.9. The highest BCUT2D eigenvalue weighted by Crippen LogP contribution is 2.44. The van der Waals surface area contributed by atoms with Gasteiger partial charge in [0, 0.05) is 17.7 Å². The van der Waals surface area contributed by atoms with Crippen LogP contribution in [0.25, 0.3) is 0 Å². The minimum Gasteiger partial charge on any atom is -0.497 e. The first-order valence-electron chi connectivity index (χ1n) is 10.8. The van der Waals surface area contributed by atoms with Crippen LogP contribution >= 0.6 is 0 Å². The number of ether oxygens (including phenoxy) is 1. The number of fused-ring (bicyclic) bond motifs is 5. The number of carbonyl (C=O) groups is 3. The van der Waals surface area contributed by atoms with E-state index in [9.17, 15) is 14.4 Å². The zero-order chi connectivity index (χ0) is 22.9. The predicted octanol–water partition coefficient (Wildman–Crippen LogP) is 3.17. The third-order valence-corrected chi connectivity index (χ3v) is 6.09. The molecule has 0 fully saturated rings. The SMILES string of the molecule is COc1ccc(CCNC(=O)CN2C(=O)c3ccccc3N3C(=O)c4ccccc4[C@@H]23)cc1. The lowest BCUT2D eigenvalue weighted by Crippen LogP contribution is -2.51. The summed E-state index contributed by atoms with van der Waals surface area (Å²) >= 11 is 0. The van der Waals surface area contributed by atoms with Crippen molar-refractivity contribution in [3.05, 3.63) is 95.1 Å². The van der Waals surface area contributed by atoms with Crippen molar-refractivity contribution < 1.29 is 19.1 Å². The molecule has 0 bridgehead atoms. The molecule has 0 aliphatic carbocycles. The Hall–Kier alpha value is -4.13. The summed E-state index contributed by atoms with van der Waals surface area (Å²) in [5, 5.41) is 2.90. The smallest absolute Gasteiger partial charge is 0.260 e. The lowest BCUT2D eigenvalue weighted by molar-refractivity contribution is -0.122. The first-order chi connectivity index (χ1) is 16.1. The Kier molecular flexibility index (Phi) is 5.30. The Morgan fingerprint density at radius 3 is 2.36 bits per heavy atom. The van der Waals surface area contributed by atoms with E-state index < -0.39 is 6.17 Å². The van der Waals surface area contributed by atoms with E-state index in [1.165, 1.54) is 4.90 Å². The third kappa shape index (κ3) is 3.61. The fourth-order valence-corrected chi connectivity index (χ4v) is 4.48. The van der Waals surface area contributed by atoms with Gasteiger partial charge in [0.1, 0.15) is 18.5 Å². The average molecular weight is 441 g/mol. The first kappa shape index (κ1) is 20.8. The molecule has 3 aromatic rings. The molecule has 2 aliphatic rings. The lowest BCUT2D eigenvalue weighted by Gasteiger charge is -2.40. The molecule has 1 atom stereocenters. The first-order valence-corrected chi connectivity index (χ1v) is 10.8. The number of methoxy groups -OCH3 is 1. The monoisotopic (exact) mass is 441 g/mol. The number of rotatable bonds is 6. The lowest BCUT2D eigenvalue weighted by atomic mass is 10.0.